The number of sulfonamides is 1. The summed E-state index contributed by atoms with van der Waals surface area (Å²) in [7, 11) is -3.51. The van der Waals surface area contributed by atoms with Gasteiger partial charge in [-0.3, -0.25) is 0 Å². The number of hydrogen-bond acceptors (Lipinski definition) is 6. The minimum atomic E-state index is -3.51. The highest BCUT2D eigenvalue weighted by atomic mass is 32.2. The standard InChI is InChI=1S/C22H27N3O4S2/c1-3-18(4-2)25-20(21-6-5-13-29-21)16-30-22(25)23-17-7-9-19(10-8-17)31(26,27)24-11-14-28-15-12-24/h5-10,13,16,18H,3-4,11-12,14-15H2,1-2H3. The molecule has 0 amide bonds. The summed E-state index contributed by atoms with van der Waals surface area (Å²) in [5.41, 5.74) is 1.72. The Hall–Kier alpha value is -2.20. The summed E-state index contributed by atoms with van der Waals surface area (Å²) in [5, 5.41) is 2.06. The Balaban J connectivity index is 1.69. The van der Waals surface area contributed by atoms with Crippen LogP contribution in [0.3, 0.4) is 0 Å². The lowest BCUT2D eigenvalue weighted by molar-refractivity contribution is 0.0730. The maximum absolute atomic E-state index is 12.8. The van der Waals surface area contributed by atoms with Crippen molar-refractivity contribution in [2.24, 2.45) is 4.99 Å². The van der Waals surface area contributed by atoms with Gasteiger partial charge in [-0.05, 0) is 49.2 Å². The van der Waals surface area contributed by atoms with E-state index in [-0.39, 0.29) is 4.90 Å². The highest BCUT2D eigenvalue weighted by Gasteiger charge is 2.26. The van der Waals surface area contributed by atoms with Gasteiger partial charge in [-0.2, -0.15) is 4.31 Å². The SMILES string of the molecule is CCC(CC)n1c(-c2ccco2)csc1=Nc1ccc(S(=O)(=O)N2CCOCC2)cc1. The maximum Gasteiger partial charge on any atom is 0.243 e. The van der Waals surface area contributed by atoms with E-state index in [9.17, 15) is 8.42 Å². The van der Waals surface area contributed by atoms with Crippen molar-refractivity contribution in [2.45, 2.75) is 37.6 Å². The Kier molecular flexibility index (Phi) is 6.76. The Bertz CT molecular complexity index is 1150. The number of ether oxygens (including phenoxy) is 1. The van der Waals surface area contributed by atoms with Gasteiger partial charge in [-0.15, -0.1) is 11.3 Å². The monoisotopic (exact) mass is 461 g/mol. The largest absolute Gasteiger partial charge is 0.463 e. The number of hydrogen-bond donors (Lipinski definition) is 0. The summed E-state index contributed by atoms with van der Waals surface area (Å²) < 4.78 is 40.3. The zero-order valence-electron chi connectivity index (χ0n) is 17.7. The minimum absolute atomic E-state index is 0.281. The fourth-order valence-electron chi connectivity index (χ4n) is 3.75. The van der Waals surface area contributed by atoms with Crippen LogP contribution >= 0.6 is 11.3 Å². The molecule has 1 aliphatic rings. The van der Waals surface area contributed by atoms with Gasteiger partial charge in [0.15, 0.2) is 10.6 Å². The molecule has 0 radical (unpaired) electrons. The summed E-state index contributed by atoms with van der Waals surface area (Å²) in [6.45, 7) is 5.96. The molecule has 1 saturated heterocycles. The van der Waals surface area contributed by atoms with Gasteiger partial charge in [0.05, 0.1) is 35.8 Å². The smallest absolute Gasteiger partial charge is 0.243 e. The van der Waals surface area contributed by atoms with Gasteiger partial charge in [0, 0.05) is 24.5 Å². The predicted molar refractivity (Wildman–Crippen MR) is 121 cm³/mol. The Morgan fingerprint density at radius 2 is 1.81 bits per heavy atom. The van der Waals surface area contributed by atoms with E-state index in [2.05, 4.69) is 23.8 Å². The van der Waals surface area contributed by atoms with E-state index in [1.165, 1.54) is 4.31 Å². The first-order valence-corrected chi connectivity index (χ1v) is 12.8. The number of morpholine rings is 1. The maximum atomic E-state index is 12.8. The van der Waals surface area contributed by atoms with Crippen LogP contribution in [-0.4, -0.2) is 43.6 Å². The number of thiazole rings is 1. The van der Waals surface area contributed by atoms with E-state index < -0.39 is 10.0 Å². The van der Waals surface area contributed by atoms with E-state index in [1.54, 1.807) is 41.9 Å². The second-order valence-corrected chi connectivity index (χ2v) is 10.1. The molecule has 2 aromatic heterocycles. The molecule has 0 bridgehead atoms. The van der Waals surface area contributed by atoms with Crippen LogP contribution in [0.4, 0.5) is 5.69 Å². The zero-order valence-corrected chi connectivity index (χ0v) is 19.4. The molecule has 31 heavy (non-hydrogen) atoms. The van der Waals surface area contributed by atoms with Gasteiger partial charge >= 0.3 is 0 Å². The van der Waals surface area contributed by atoms with Crippen molar-refractivity contribution in [2.75, 3.05) is 26.3 Å². The van der Waals surface area contributed by atoms with Gasteiger partial charge in [-0.1, -0.05) is 13.8 Å². The average molecular weight is 462 g/mol. The molecule has 0 atom stereocenters. The fourth-order valence-corrected chi connectivity index (χ4v) is 6.13. The Labute approximate surface area is 186 Å². The van der Waals surface area contributed by atoms with Crippen LogP contribution in [0.15, 0.2) is 62.3 Å². The normalized spacial score (nSPS) is 16.3. The number of benzene rings is 1. The third-order valence-corrected chi connectivity index (χ3v) is 8.24. The number of nitrogens with zero attached hydrogens (tertiary/aromatic N) is 3. The van der Waals surface area contributed by atoms with Gasteiger partial charge in [0.1, 0.15) is 0 Å². The molecule has 1 fully saturated rings. The topological polar surface area (TPSA) is 77.0 Å². The molecule has 1 aliphatic heterocycles. The van der Waals surface area contributed by atoms with E-state index >= 15 is 0 Å². The second kappa shape index (κ2) is 9.52. The van der Waals surface area contributed by atoms with Crippen molar-refractivity contribution >= 4 is 27.0 Å². The van der Waals surface area contributed by atoms with Crippen molar-refractivity contribution in [3.63, 3.8) is 0 Å². The molecule has 0 N–H and O–H groups in total. The molecule has 4 rings (SSSR count). The number of furan rings is 1. The molecular weight excluding hydrogens is 434 g/mol. The fraction of sp³-hybridized carbons (Fsp3) is 0.409. The van der Waals surface area contributed by atoms with Crippen molar-refractivity contribution in [1.29, 1.82) is 0 Å². The molecule has 166 valence electrons. The minimum Gasteiger partial charge on any atom is -0.463 e. The summed E-state index contributed by atoms with van der Waals surface area (Å²) in [4.78, 5) is 5.98. The van der Waals surface area contributed by atoms with Crippen molar-refractivity contribution < 1.29 is 17.6 Å². The van der Waals surface area contributed by atoms with Crippen LogP contribution in [-0.2, 0) is 14.8 Å². The average Bonchev–Trinajstić information content (AvgIpc) is 3.46. The third-order valence-electron chi connectivity index (χ3n) is 5.49. The van der Waals surface area contributed by atoms with Gasteiger partial charge < -0.3 is 13.7 Å². The summed E-state index contributed by atoms with van der Waals surface area (Å²) in [5.74, 6) is 0.816. The van der Waals surface area contributed by atoms with Gasteiger partial charge in [0.2, 0.25) is 10.0 Å². The molecule has 7 nitrogen and oxygen atoms in total. The second-order valence-electron chi connectivity index (χ2n) is 7.34. The van der Waals surface area contributed by atoms with Crippen LogP contribution in [0.5, 0.6) is 0 Å². The summed E-state index contributed by atoms with van der Waals surface area (Å²) in [6, 6.07) is 10.9. The molecule has 9 heteroatoms. The van der Waals surface area contributed by atoms with Gasteiger partial charge in [0.25, 0.3) is 0 Å². The highest BCUT2D eigenvalue weighted by Crippen LogP contribution is 2.27. The van der Waals surface area contributed by atoms with Crippen molar-refractivity contribution in [3.8, 4) is 11.5 Å². The Morgan fingerprint density at radius 1 is 1.10 bits per heavy atom. The zero-order chi connectivity index (χ0) is 21.8. The van der Waals surface area contributed by atoms with Crippen LogP contribution in [0.2, 0.25) is 0 Å². The van der Waals surface area contributed by atoms with Crippen molar-refractivity contribution in [1.82, 2.24) is 8.87 Å². The lowest BCUT2D eigenvalue weighted by atomic mass is 10.1. The van der Waals surface area contributed by atoms with Gasteiger partial charge in [-0.25, -0.2) is 13.4 Å². The third kappa shape index (κ3) is 4.55. The lowest BCUT2D eigenvalue weighted by Gasteiger charge is -2.26. The molecule has 1 aromatic carbocycles. The molecule has 3 heterocycles. The van der Waals surface area contributed by atoms with E-state index in [0.29, 0.717) is 38.0 Å². The molecule has 0 unspecified atom stereocenters. The van der Waals surface area contributed by atoms with Crippen LogP contribution in [0.1, 0.15) is 32.7 Å². The predicted octanol–water partition coefficient (Wildman–Crippen LogP) is 4.42. The van der Waals surface area contributed by atoms with Crippen molar-refractivity contribution in [3.05, 3.63) is 52.8 Å². The quantitative estimate of drug-likeness (QED) is 0.522. The van der Waals surface area contributed by atoms with E-state index in [4.69, 9.17) is 14.1 Å². The van der Waals surface area contributed by atoms with Crippen LogP contribution in [0, 0.1) is 0 Å². The molecule has 0 aliphatic carbocycles. The first-order chi connectivity index (χ1) is 15.0. The molecule has 3 aromatic rings. The summed E-state index contributed by atoms with van der Waals surface area (Å²) >= 11 is 1.56. The summed E-state index contributed by atoms with van der Waals surface area (Å²) in [6.07, 6.45) is 3.63. The molecule has 0 spiro atoms. The molecular formula is C22H27N3O4S2. The molecule has 0 saturated carbocycles. The van der Waals surface area contributed by atoms with E-state index in [1.807, 2.05) is 12.1 Å². The van der Waals surface area contributed by atoms with E-state index in [0.717, 1.165) is 29.1 Å². The first-order valence-electron chi connectivity index (χ1n) is 10.5. The number of aromatic nitrogens is 1. The Morgan fingerprint density at radius 3 is 2.42 bits per heavy atom. The van der Waals surface area contributed by atoms with Crippen LogP contribution in [0.25, 0.3) is 11.5 Å². The van der Waals surface area contributed by atoms with Crippen LogP contribution < -0.4 is 4.80 Å². The first kappa shape index (κ1) is 22.0. The highest BCUT2D eigenvalue weighted by molar-refractivity contribution is 7.89. The number of rotatable bonds is 7. The lowest BCUT2D eigenvalue weighted by Crippen LogP contribution is -2.40.